The lowest BCUT2D eigenvalue weighted by molar-refractivity contribution is 0.314. The minimum Gasteiger partial charge on any atom is -0.316 e. The second-order valence-corrected chi connectivity index (χ2v) is 6.78. The predicted octanol–water partition coefficient (Wildman–Crippen LogP) is 0.102. The maximum absolute atomic E-state index is 11.8. The number of sulfonamides is 1. The number of hydrogen-bond acceptors (Lipinski definition) is 4. The van der Waals surface area contributed by atoms with E-state index in [1.807, 2.05) is 39.8 Å². The number of rotatable bonds is 9. The van der Waals surface area contributed by atoms with Gasteiger partial charge in [0.25, 0.3) is 0 Å². The molecule has 0 spiro atoms. The second-order valence-electron chi connectivity index (χ2n) is 4.90. The molecule has 1 atom stereocenters. The Morgan fingerprint density at radius 1 is 1.24 bits per heavy atom. The van der Waals surface area contributed by atoms with E-state index in [1.54, 1.807) is 0 Å². The van der Waals surface area contributed by atoms with Crippen LogP contribution in [0.4, 0.5) is 0 Å². The molecule has 0 aromatic heterocycles. The highest BCUT2D eigenvalue weighted by atomic mass is 32.2. The molecule has 0 bridgehead atoms. The molecule has 0 aromatic rings. The lowest BCUT2D eigenvalue weighted by Crippen LogP contribution is -2.46. The van der Waals surface area contributed by atoms with Crippen molar-refractivity contribution in [3.8, 4) is 0 Å². The minimum atomic E-state index is -3.18. The van der Waals surface area contributed by atoms with Gasteiger partial charge in [-0.1, -0.05) is 20.8 Å². The largest absolute Gasteiger partial charge is 0.316 e. The topological polar surface area (TPSA) is 61.4 Å². The van der Waals surface area contributed by atoms with Crippen molar-refractivity contribution in [1.82, 2.24) is 14.9 Å². The van der Waals surface area contributed by atoms with Crippen LogP contribution in [0, 0.1) is 5.92 Å². The van der Waals surface area contributed by atoms with Crippen LogP contribution in [0.25, 0.3) is 0 Å². The number of nitrogens with one attached hydrogen (secondary N) is 2. The maximum Gasteiger partial charge on any atom is 0.213 e. The summed E-state index contributed by atoms with van der Waals surface area (Å²) in [6, 6.07) is -0.0309. The van der Waals surface area contributed by atoms with Crippen LogP contribution < -0.4 is 10.0 Å². The maximum atomic E-state index is 11.8. The normalized spacial score (nSPS) is 14.5. The highest BCUT2D eigenvalue weighted by Gasteiger charge is 2.20. The number of nitrogens with zero attached hydrogens (tertiary/aromatic N) is 1. The Morgan fingerprint density at radius 3 is 2.24 bits per heavy atom. The molecule has 0 aromatic carbocycles. The molecule has 6 heteroatoms. The van der Waals surface area contributed by atoms with Gasteiger partial charge in [-0.05, 0) is 26.6 Å². The Balaban J connectivity index is 4.32. The van der Waals surface area contributed by atoms with Gasteiger partial charge in [-0.3, -0.25) is 0 Å². The van der Waals surface area contributed by atoms with Gasteiger partial charge >= 0.3 is 0 Å². The van der Waals surface area contributed by atoms with Gasteiger partial charge in [0.2, 0.25) is 10.0 Å². The van der Waals surface area contributed by atoms with Crippen LogP contribution in [0.2, 0.25) is 0 Å². The first kappa shape index (κ1) is 16.8. The molecule has 2 N–H and O–H groups in total. The summed E-state index contributed by atoms with van der Waals surface area (Å²) >= 11 is 0. The molecule has 0 radical (unpaired) electrons. The number of hydrogen-bond donors (Lipinski definition) is 2. The lowest BCUT2D eigenvalue weighted by atomic mass is 10.1. The zero-order valence-electron chi connectivity index (χ0n) is 11.7. The molecular weight excluding hydrogens is 238 g/mol. The summed E-state index contributed by atoms with van der Waals surface area (Å²) in [5, 5.41) is 3.02. The van der Waals surface area contributed by atoms with Gasteiger partial charge in [0.05, 0.1) is 5.75 Å². The molecule has 0 amide bonds. The fourth-order valence-corrected chi connectivity index (χ4v) is 2.79. The van der Waals surface area contributed by atoms with Crippen LogP contribution >= 0.6 is 0 Å². The molecular formula is C11H27N3O2S. The van der Waals surface area contributed by atoms with Gasteiger partial charge in [0.1, 0.15) is 0 Å². The molecule has 0 saturated heterocycles. The van der Waals surface area contributed by atoms with E-state index in [0.717, 1.165) is 13.1 Å². The van der Waals surface area contributed by atoms with Crippen LogP contribution in [-0.2, 0) is 10.0 Å². The van der Waals surface area contributed by atoms with Gasteiger partial charge in [-0.25, -0.2) is 13.1 Å². The quantitative estimate of drug-likeness (QED) is 0.581. The van der Waals surface area contributed by atoms with Crippen molar-refractivity contribution in [2.45, 2.75) is 26.8 Å². The van der Waals surface area contributed by atoms with Crippen molar-refractivity contribution in [3.63, 3.8) is 0 Å². The average molecular weight is 265 g/mol. The Hall–Kier alpha value is -0.170. The highest BCUT2D eigenvalue weighted by Crippen LogP contribution is 2.04. The summed E-state index contributed by atoms with van der Waals surface area (Å²) in [6.45, 7) is 8.03. The first-order valence-electron chi connectivity index (χ1n) is 6.14. The zero-order chi connectivity index (χ0) is 13.5. The van der Waals surface area contributed by atoms with Gasteiger partial charge in [-0.2, -0.15) is 0 Å². The third kappa shape index (κ3) is 8.54. The van der Waals surface area contributed by atoms with Crippen molar-refractivity contribution in [1.29, 1.82) is 0 Å². The Kier molecular flexibility index (Phi) is 7.94. The smallest absolute Gasteiger partial charge is 0.213 e. The Bertz CT molecular complexity index is 289. The molecule has 0 fully saturated rings. The van der Waals surface area contributed by atoms with Crippen LogP contribution in [-0.4, -0.2) is 58.8 Å². The molecule has 0 saturated carbocycles. The van der Waals surface area contributed by atoms with Gasteiger partial charge < -0.3 is 10.2 Å². The summed E-state index contributed by atoms with van der Waals surface area (Å²) in [6.07, 6.45) is 0. The zero-order valence-corrected chi connectivity index (χ0v) is 12.5. The molecule has 1 unspecified atom stereocenters. The Morgan fingerprint density at radius 2 is 1.82 bits per heavy atom. The van der Waals surface area contributed by atoms with E-state index >= 15 is 0 Å². The third-order valence-corrected chi connectivity index (χ3v) is 3.90. The van der Waals surface area contributed by atoms with Crippen molar-refractivity contribution in [2.24, 2.45) is 5.92 Å². The monoisotopic (exact) mass is 265 g/mol. The van der Waals surface area contributed by atoms with Crippen molar-refractivity contribution in [3.05, 3.63) is 0 Å². The summed E-state index contributed by atoms with van der Waals surface area (Å²) in [7, 11) is 0.711. The van der Waals surface area contributed by atoms with E-state index in [4.69, 9.17) is 0 Å². The summed E-state index contributed by atoms with van der Waals surface area (Å²) in [5.41, 5.74) is 0. The summed E-state index contributed by atoms with van der Waals surface area (Å²) < 4.78 is 26.4. The van der Waals surface area contributed by atoms with Crippen LogP contribution in [0.1, 0.15) is 20.8 Å². The lowest BCUT2D eigenvalue weighted by Gasteiger charge is -2.25. The van der Waals surface area contributed by atoms with E-state index in [1.165, 1.54) is 0 Å². The molecule has 5 nitrogen and oxygen atoms in total. The third-order valence-electron chi connectivity index (χ3n) is 2.50. The first-order chi connectivity index (χ1) is 7.78. The minimum absolute atomic E-state index is 0.0309. The van der Waals surface area contributed by atoms with Crippen LogP contribution in [0.15, 0.2) is 0 Å². The van der Waals surface area contributed by atoms with E-state index in [0.29, 0.717) is 6.54 Å². The van der Waals surface area contributed by atoms with Crippen molar-refractivity contribution >= 4 is 10.0 Å². The molecule has 17 heavy (non-hydrogen) atoms. The molecule has 0 rings (SSSR count). The van der Waals surface area contributed by atoms with E-state index in [2.05, 4.69) is 10.0 Å². The SMILES string of the molecule is CCNCCS(=O)(=O)NC(CN(C)C)C(C)C. The Labute approximate surface area is 106 Å². The average Bonchev–Trinajstić information content (AvgIpc) is 2.15. The predicted molar refractivity (Wildman–Crippen MR) is 72.6 cm³/mol. The van der Waals surface area contributed by atoms with Gasteiger partial charge in [0, 0.05) is 19.1 Å². The van der Waals surface area contributed by atoms with Gasteiger partial charge in [0.15, 0.2) is 0 Å². The van der Waals surface area contributed by atoms with Crippen molar-refractivity contribution in [2.75, 3.05) is 39.5 Å². The summed E-state index contributed by atoms with van der Waals surface area (Å²) in [5.74, 6) is 0.420. The van der Waals surface area contributed by atoms with Crippen LogP contribution in [0.3, 0.4) is 0 Å². The van der Waals surface area contributed by atoms with Crippen molar-refractivity contribution < 1.29 is 8.42 Å². The standard InChI is InChI=1S/C11H27N3O2S/c1-6-12-7-8-17(15,16)13-11(10(2)3)9-14(4)5/h10-13H,6-9H2,1-5H3. The van der Waals surface area contributed by atoms with E-state index in [-0.39, 0.29) is 17.7 Å². The highest BCUT2D eigenvalue weighted by molar-refractivity contribution is 7.89. The number of likely N-dealkylation sites (N-methyl/N-ethyl adjacent to an activating group) is 1. The second kappa shape index (κ2) is 8.02. The van der Waals surface area contributed by atoms with Gasteiger partial charge in [-0.15, -0.1) is 0 Å². The molecule has 0 aliphatic heterocycles. The molecule has 0 heterocycles. The first-order valence-corrected chi connectivity index (χ1v) is 7.79. The fraction of sp³-hybridized carbons (Fsp3) is 1.00. The molecule has 0 aliphatic carbocycles. The summed E-state index contributed by atoms with van der Waals surface area (Å²) in [4.78, 5) is 2.00. The van der Waals surface area contributed by atoms with Crippen LogP contribution in [0.5, 0.6) is 0 Å². The molecule has 104 valence electrons. The fourth-order valence-electron chi connectivity index (χ4n) is 1.45. The molecule has 0 aliphatic rings. The van der Waals surface area contributed by atoms with E-state index < -0.39 is 10.0 Å². The van der Waals surface area contributed by atoms with E-state index in [9.17, 15) is 8.42 Å².